The summed E-state index contributed by atoms with van der Waals surface area (Å²) < 4.78 is 7.42. The molecule has 0 aliphatic carbocycles. The Hall–Kier alpha value is -2.38. The number of nitrogens with two attached hydrogens (primary N) is 1. The molecule has 0 amide bonds. The predicted molar refractivity (Wildman–Crippen MR) is 75.3 cm³/mol. The minimum absolute atomic E-state index is 0.00843. The van der Waals surface area contributed by atoms with Crippen LogP contribution in [0.3, 0.4) is 0 Å². The van der Waals surface area contributed by atoms with Gasteiger partial charge in [0.1, 0.15) is 0 Å². The Labute approximate surface area is 117 Å². The third kappa shape index (κ3) is 4.38. The zero-order valence-corrected chi connectivity index (χ0v) is 11.7. The van der Waals surface area contributed by atoms with Crippen molar-refractivity contribution in [3.8, 4) is 6.01 Å². The molecule has 0 atom stereocenters. The Morgan fingerprint density at radius 1 is 1.35 bits per heavy atom. The van der Waals surface area contributed by atoms with Crippen LogP contribution in [0.4, 0.5) is 11.9 Å². The van der Waals surface area contributed by atoms with Gasteiger partial charge in [-0.25, -0.2) is 4.98 Å². The summed E-state index contributed by atoms with van der Waals surface area (Å²) in [6, 6.07) is 0.240. The van der Waals surface area contributed by atoms with Gasteiger partial charge in [-0.15, -0.1) is 0 Å². The monoisotopic (exact) mass is 277 g/mol. The molecule has 2 rings (SSSR count). The van der Waals surface area contributed by atoms with Gasteiger partial charge in [0.15, 0.2) is 0 Å². The fraction of sp³-hybridized carbons (Fsp3) is 0.500. The number of hydrogen-bond acceptors (Lipinski definition) is 7. The van der Waals surface area contributed by atoms with Crippen molar-refractivity contribution in [1.29, 1.82) is 0 Å². The van der Waals surface area contributed by atoms with Gasteiger partial charge in [0.2, 0.25) is 11.9 Å². The van der Waals surface area contributed by atoms with E-state index in [2.05, 4.69) is 25.3 Å². The molecule has 0 bridgehead atoms. The molecule has 0 unspecified atom stereocenters. The van der Waals surface area contributed by atoms with Crippen LogP contribution in [-0.2, 0) is 6.54 Å². The molecule has 0 aliphatic heterocycles. The van der Waals surface area contributed by atoms with E-state index in [9.17, 15) is 0 Å². The molecular formula is C12H19N7O. The quantitative estimate of drug-likeness (QED) is 0.726. The number of hydrogen-bond donors (Lipinski definition) is 2. The molecule has 2 aromatic rings. The van der Waals surface area contributed by atoms with Crippen LogP contribution in [-0.4, -0.2) is 37.2 Å². The molecule has 0 saturated heterocycles. The smallest absolute Gasteiger partial charge is 0.323 e. The summed E-state index contributed by atoms with van der Waals surface area (Å²) in [4.78, 5) is 16.1. The average molecular weight is 277 g/mol. The van der Waals surface area contributed by atoms with E-state index in [1.165, 1.54) is 0 Å². The second-order valence-corrected chi connectivity index (χ2v) is 4.55. The van der Waals surface area contributed by atoms with Gasteiger partial charge in [0, 0.05) is 25.5 Å². The summed E-state index contributed by atoms with van der Waals surface area (Å²) in [7, 11) is 0. The molecule has 8 nitrogen and oxygen atoms in total. The number of anilines is 2. The first-order valence-electron chi connectivity index (χ1n) is 6.51. The Bertz CT molecular complexity index is 527. The molecule has 0 fully saturated rings. The van der Waals surface area contributed by atoms with Gasteiger partial charge in [0.05, 0.1) is 12.4 Å². The number of nitrogens with one attached hydrogen (secondary N) is 1. The maximum atomic E-state index is 5.62. The van der Waals surface area contributed by atoms with Crippen LogP contribution in [0.2, 0.25) is 0 Å². The zero-order chi connectivity index (χ0) is 14.4. The van der Waals surface area contributed by atoms with Crippen LogP contribution in [0.25, 0.3) is 0 Å². The van der Waals surface area contributed by atoms with Crippen molar-refractivity contribution in [2.45, 2.75) is 32.9 Å². The number of nitrogens with zero attached hydrogens (tertiary/aromatic N) is 5. The van der Waals surface area contributed by atoms with Crippen molar-refractivity contribution in [3.05, 3.63) is 18.7 Å². The van der Waals surface area contributed by atoms with Gasteiger partial charge in [-0.05, 0) is 20.3 Å². The Kier molecular flexibility index (Phi) is 4.70. The lowest BCUT2D eigenvalue weighted by molar-refractivity contribution is 0.222. The van der Waals surface area contributed by atoms with Crippen LogP contribution in [0, 0.1) is 0 Å². The highest BCUT2D eigenvalue weighted by atomic mass is 16.5. The Balaban J connectivity index is 1.84. The Morgan fingerprint density at radius 3 is 2.90 bits per heavy atom. The molecule has 20 heavy (non-hydrogen) atoms. The largest absolute Gasteiger partial charge is 0.461 e. The Morgan fingerprint density at radius 2 is 2.20 bits per heavy atom. The molecule has 0 spiro atoms. The SMILES string of the molecule is CC(C)Oc1nc(N)nc(NCCCn2ccnc2)n1. The van der Waals surface area contributed by atoms with E-state index in [0.29, 0.717) is 5.95 Å². The molecule has 0 saturated carbocycles. The summed E-state index contributed by atoms with van der Waals surface area (Å²) in [5.41, 5.74) is 5.62. The molecule has 108 valence electrons. The van der Waals surface area contributed by atoms with Gasteiger partial charge in [-0.2, -0.15) is 15.0 Å². The van der Waals surface area contributed by atoms with Crippen molar-refractivity contribution in [2.24, 2.45) is 0 Å². The highest BCUT2D eigenvalue weighted by Gasteiger charge is 2.06. The van der Waals surface area contributed by atoms with E-state index >= 15 is 0 Å². The number of nitrogen functional groups attached to an aromatic ring is 1. The normalized spacial score (nSPS) is 10.8. The van der Waals surface area contributed by atoms with E-state index in [1.54, 1.807) is 12.5 Å². The van der Waals surface area contributed by atoms with Gasteiger partial charge in [-0.3, -0.25) is 0 Å². The first-order valence-corrected chi connectivity index (χ1v) is 6.51. The third-order valence-electron chi connectivity index (χ3n) is 2.41. The van der Waals surface area contributed by atoms with Crippen LogP contribution in [0.15, 0.2) is 18.7 Å². The minimum atomic E-state index is -0.00843. The molecular weight excluding hydrogens is 258 g/mol. The molecule has 3 N–H and O–H groups in total. The van der Waals surface area contributed by atoms with E-state index in [0.717, 1.165) is 19.5 Å². The van der Waals surface area contributed by atoms with Gasteiger partial charge in [-0.1, -0.05) is 0 Å². The van der Waals surface area contributed by atoms with E-state index in [1.807, 2.05) is 24.6 Å². The summed E-state index contributed by atoms with van der Waals surface area (Å²) >= 11 is 0. The number of aromatic nitrogens is 5. The lowest BCUT2D eigenvalue weighted by Gasteiger charge is -2.10. The molecule has 8 heteroatoms. The summed E-state index contributed by atoms with van der Waals surface area (Å²) in [5, 5.41) is 3.11. The highest BCUT2D eigenvalue weighted by molar-refractivity contribution is 5.32. The molecule has 0 radical (unpaired) electrons. The van der Waals surface area contributed by atoms with Gasteiger partial charge >= 0.3 is 6.01 Å². The predicted octanol–water partition coefficient (Wildman–Crippen LogP) is 0.940. The van der Waals surface area contributed by atoms with E-state index in [-0.39, 0.29) is 18.1 Å². The van der Waals surface area contributed by atoms with Crippen molar-refractivity contribution >= 4 is 11.9 Å². The number of aryl methyl sites for hydroxylation is 1. The number of rotatable bonds is 7. The molecule has 0 aromatic carbocycles. The maximum Gasteiger partial charge on any atom is 0.323 e. The second-order valence-electron chi connectivity index (χ2n) is 4.55. The van der Waals surface area contributed by atoms with Crippen molar-refractivity contribution < 1.29 is 4.74 Å². The lowest BCUT2D eigenvalue weighted by atomic mass is 10.4. The summed E-state index contributed by atoms with van der Waals surface area (Å²) in [6.07, 6.45) is 6.38. The topological polar surface area (TPSA) is 104 Å². The van der Waals surface area contributed by atoms with Crippen LogP contribution >= 0.6 is 0 Å². The second kappa shape index (κ2) is 6.69. The van der Waals surface area contributed by atoms with Gasteiger partial charge < -0.3 is 20.4 Å². The van der Waals surface area contributed by atoms with Crippen LogP contribution in [0.5, 0.6) is 6.01 Å². The average Bonchev–Trinajstić information content (AvgIpc) is 2.86. The number of imidazole rings is 1. The fourth-order valence-corrected chi connectivity index (χ4v) is 1.60. The van der Waals surface area contributed by atoms with E-state index in [4.69, 9.17) is 10.5 Å². The first kappa shape index (κ1) is 14.0. The third-order valence-corrected chi connectivity index (χ3v) is 2.41. The van der Waals surface area contributed by atoms with Crippen molar-refractivity contribution in [1.82, 2.24) is 24.5 Å². The van der Waals surface area contributed by atoms with E-state index < -0.39 is 0 Å². The van der Waals surface area contributed by atoms with Crippen molar-refractivity contribution in [2.75, 3.05) is 17.6 Å². The van der Waals surface area contributed by atoms with Gasteiger partial charge in [0.25, 0.3) is 0 Å². The van der Waals surface area contributed by atoms with Crippen molar-refractivity contribution in [3.63, 3.8) is 0 Å². The van der Waals surface area contributed by atoms with Crippen LogP contribution < -0.4 is 15.8 Å². The standard InChI is InChI=1S/C12H19N7O/c1-9(2)20-12-17-10(13)16-11(18-12)15-4-3-6-19-7-5-14-8-19/h5,7-9H,3-4,6H2,1-2H3,(H3,13,15,16,17,18). The van der Waals surface area contributed by atoms with Crippen LogP contribution in [0.1, 0.15) is 20.3 Å². The molecule has 2 heterocycles. The highest BCUT2D eigenvalue weighted by Crippen LogP contribution is 2.10. The minimum Gasteiger partial charge on any atom is -0.461 e. The maximum absolute atomic E-state index is 5.62. The first-order chi connectivity index (χ1) is 9.63. The summed E-state index contributed by atoms with van der Waals surface area (Å²) in [6.45, 7) is 5.40. The lowest BCUT2D eigenvalue weighted by Crippen LogP contribution is -2.14. The number of ether oxygens (including phenoxy) is 1. The summed E-state index contributed by atoms with van der Waals surface area (Å²) in [5.74, 6) is 0.576. The fourth-order valence-electron chi connectivity index (χ4n) is 1.60. The zero-order valence-electron chi connectivity index (χ0n) is 11.7. The molecule has 0 aliphatic rings. The molecule has 2 aromatic heterocycles.